The van der Waals surface area contributed by atoms with E-state index in [9.17, 15) is 4.79 Å². The van der Waals surface area contributed by atoms with Crippen molar-refractivity contribution in [2.24, 2.45) is 0 Å². The molecule has 0 unspecified atom stereocenters. The van der Waals surface area contributed by atoms with Crippen LogP contribution in [-0.2, 0) is 0 Å². The summed E-state index contributed by atoms with van der Waals surface area (Å²) in [5.41, 5.74) is 2.25. The highest BCUT2D eigenvalue weighted by Crippen LogP contribution is 2.20. The summed E-state index contributed by atoms with van der Waals surface area (Å²) in [5, 5.41) is 3.50. The SMILES string of the molecule is CN(C)c1ccccc1C(=O)Nc1ccc(Cl)cc1. The van der Waals surface area contributed by atoms with E-state index in [1.165, 1.54) is 0 Å². The number of carbonyl (C=O) groups is 1. The lowest BCUT2D eigenvalue weighted by molar-refractivity contribution is 0.102. The number of hydrogen-bond donors (Lipinski definition) is 1. The van der Waals surface area contributed by atoms with Crippen molar-refractivity contribution in [1.29, 1.82) is 0 Å². The van der Waals surface area contributed by atoms with Gasteiger partial charge < -0.3 is 10.2 Å². The molecule has 0 heterocycles. The molecule has 0 fully saturated rings. The Hall–Kier alpha value is -2.00. The molecule has 0 aromatic heterocycles. The molecule has 0 saturated carbocycles. The fraction of sp³-hybridized carbons (Fsp3) is 0.133. The fourth-order valence-electron chi connectivity index (χ4n) is 1.79. The molecule has 2 aromatic carbocycles. The van der Waals surface area contributed by atoms with Gasteiger partial charge in [0, 0.05) is 30.5 Å². The van der Waals surface area contributed by atoms with Crippen molar-refractivity contribution in [1.82, 2.24) is 0 Å². The third kappa shape index (κ3) is 3.26. The third-order valence-corrected chi connectivity index (χ3v) is 2.98. The van der Waals surface area contributed by atoms with Gasteiger partial charge >= 0.3 is 0 Å². The van der Waals surface area contributed by atoms with Crippen LogP contribution in [-0.4, -0.2) is 20.0 Å². The Morgan fingerprint density at radius 1 is 1.05 bits per heavy atom. The smallest absolute Gasteiger partial charge is 0.257 e. The van der Waals surface area contributed by atoms with Gasteiger partial charge in [0.05, 0.1) is 5.56 Å². The van der Waals surface area contributed by atoms with Crippen molar-refractivity contribution in [3.63, 3.8) is 0 Å². The zero-order chi connectivity index (χ0) is 13.8. The normalized spacial score (nSPS) is 10.1. The van der Waals surface area contributed by atoms with Crippen LogP contribution in [0.2, 0.25) is 5.02 Å². The van der Waals surface area contributed by atoms with Gasteiger partial charge in [-0.3, -0.25) is 4.79 Å². The summed E-state index contributed by atoms with van der Waals surface area (Å²) >= 11 is 5.81. The second kappa shape index (κ2) is 5.76. The van der Waals surface area contributed by atoms with Crippen LogP contribution in [0.3, 0.4) is 0 Å². The number of rotatable bonds is 3. The largest absolute Gasteiger partial charge is 0.377 e. The molecule has 2 rings (SSSR count). The van der Waals surface area contributed by atoms with Gasteiger partial charge in [0.25, 0.3) is 5.91 Å². The van der Waals surface area contributed by atoms with Crippen LogP contribution in [0.25, 0.3) is 0 Å². The van der Waals surface area contributed by atoms with Crippen LogP contribution in [0.1, 0.15) is 10.4 Å². The van der Waals surface area contributed by atoms with Crippen LogP contribution in [0.15, 0.2) is 48.5 Å². The Balaban J connectivity index is 2.23. The van der Waals surface area contributed by atoms with Crippen LogP contribution in [0.5, 0.6) is 0 Å². The van der Waals surface area contributed by atoms with Crippen LogP contribution < -0.4 is 10.2 Å². The minimum absolute atomic E-state index is 0.133. The zero-order valence-corrected chi connectivity index (χ0v) is 11.6. The monoisotopic (exact) mass is 274 g/mol. The molecule has 0 radical (unpaired) electrons. The summed E-state index contributed by atoms with van der Waals surface area (Å²) < 4.78 is 0. The Bertz CT molecular complexity index is 579. The Kier molecular flexibility index (Phi) is 4.07. The van der Waals surface area contributed by atoms with E-state index < -0.39 is 0 Å². The molecule has 0 aliphatic carbocycles. The van der Waals surface area contributed by atoms with E-state index in [1.54, 1.807) is 30.3 Å². The number of amides is 1. The fourth-order valence-corrected chi connectivity index (χ4v) is 1.91. The van der Waals surface area contributed by atoms with Crippen molar-refractivity contribution in [2.45, 2.75) is 0 Å². The Morgan fingerprint density at radius 3 is 2.32 bits per heavy atom. The molecule has 0 spiro atoms. The molecule has 19 heavy (non-hydrogen) atoms. The van der Waals surface area contributed by atoms with Crippen molar-refractivity contribution in [3.05, 3.63) is 59.1 Å². The summed E-state index contributed by atoms with van der Waals surface area (Å²) in [4.78, 5) is 14.2. The van der Waals surface area contributed by atoms with Gasteiger partial charge in [0.1, 0.15) is 0 Å². The number of halogens is 1. The standard InChI is InChI=1S/C15H15ClN2O/c1-18(2)14-6-4-3-5-13(14)15(19)17-12-9-7-11(16)8-10-12/h3-10H,1-2H3,(H,17,19). The molecular weight excluding hydrogens is 260 g/mol. The second-order valence-corrected chi connectivity index (χ2v) is 4.81. The minimum atomic E-state index is -0.133. The highest BCUT2D eigenvalue weighted by molar-refractivity contribution is 6.30. The quantitative estimate of drug-likeness (QED) is 0.926. The predicted octanol–water partition coefficient (Wildman–Crippen LogP) is 3.66. The number of carbonyl (C=O) groups excluding carboxylic acids is 1. The first-order valence-electron chi connectivity index (χ1n) is 5.91. The Labute approximate surface area is 117 Å². The van der Waals surface area contributed by atoms with E-state index >= 15 is 0 Å². The molecular formula is C15H15ClN2O. The maximum atomic E-state index is 12.3. The zero-order valence-electron chi connectivity index (χ0n) is 10.9. The number of benzene rings is 2. The highest BCUT2D eigenvalue weighted by atomic mass is 35.5. The lowest BCUT2D eigenvalue weighted by Crippen LogP contribution is -2.18. The average Bonchev–Trinajstić information content (AvgIpc) is 2.41. The molecule has 3 nitrogen and oxygen atoms in total. The molecule has 98 valence electrons. The van der Waals surface area contributed by atoms with Gasteiger partial charge in [-0.05, 0) is 36.4 Å². The van der Waals surface area contributed by atoms with Gasteiger partial charge in [0.15, 0.2) is 0 Å². The van der Waals surface area contributed by atoms with Crippen LogP contribution in [0, 0.1) is 0 Å². The van der Waals surface area contributed by atoms with Gasteiger partial charge in [-0.25, -0.2) is 0 Å². The Morgan fingerprint density at radius 2 is 1.68 bits per heavy atom. The number of anilines is 2. The summed E-state index contributed by atoms with van der Waals surface area (Å²) in [6.45, 7) is 0. The molecule has 0 bridgehead atoms. The first kappa shape index (κ1) is 13.4. The van der Waals surface area contributed by atoms with Gasteiger partial charge in [-0.1, -0.05) is 23.7 Å². The van der Waals surface area contributed by atoms with Crippen molar-refractivity contribution in [3.8, 4) is 0 Å². The van der Waals surface area contributed by atoms with Gasteiger partial charge in [-0.2, -0.15) is 0 Å². The molecule has 0 atom stereocenters. The van der Waals surface area contributed by atoms with Crippen molar-refractivity contribution >= 4 is 28.9 Å². The average molecular weight is 275 g/mol. The molecule has 0 aliphatic rings. The van der Waals surface area contributed by atoms with Crippen molar-refractivity contribution in [2.75, 3.05) is 24.3 Å². The second-order valence-electron chi connectivity index (χ2n) is 4.37. The number of hydrogen-bond acceptors (Lipinski definition) is 2. The van der Waals surface area contributed by atoms with E-state index in [4.69, 9.17) is 11.6 Å². The van der Waals surface area contributed by atoms with Gasteiger partial charge in [-0.15, -0.1) is 0 Å². The summed E-state index contributed by atoms with van der Waals surface area (Å²) in [7, 11) is 3.82. The third-order valence-electron chi connectivity index (χ3n) is 2.73. The summed E-state index contributed by atoms with van der Waals surface area (Å²) in [5.74, 6) is -0.133. The molecule has 1 N–H and O–H groups in total. The molecule has 2 aromatic rings. The first-order valence-corrected chi connectivity index (χ1v) is 6.29. The highest BCUT2D eigenvalue weighted by Gasteiger charge is 2.12. The lowest BCUT2D eigenvalue weighted by Gasteiger charge is -2.16. The molecule has 0 aliphatic heterocycles. The van der Waals surface area contributed by atoms with E-state index in [0.717, 1.165) is 11.4 Å². The lowest BCUT2D eigenvalue weighted by atomic mass is 10.1. The van der Waals surface area contributed by atoms with E-state index in [1.807, 2.05) is 37.2 Å². The predicted molar refractivity (Wildman–Crippen MR) is 80.2 cm³/mol. The molecule has 1 amide bonds. The van der Waals surface area contributed by atoms with Gasteiger partial charge in [0.2, 0.25) is 0 Å². The van der Waals surface area contributed by atoms with Crippen LogP contribution in [0.4, 0.5) is 11.4 Å². The topological polar surface area (TPSA) is 32.3 Å². The molecule has 0 saturated heterocycles. The van der Waals surface area contributed by atoms with E-state index in [0.29, 0.717) is 10.6 Å². The maximum Gasteiger partial charge on any atom is 0.257 e. The summed E-state index contributed by atoms with van der Waals surface area (Å²) in [6, 6.07) is 14.5. The number of nitrogens with zero attached hydrogens (tertiary/aromatic N) is 1. The number of para-hydroxylation sites is 1. The van der Waals surface area contributed by atoms with Crippen LogP contribution >= 0.6 is 11.6 Å². The van der Waals surface area contributed by atoms with Crippen molar-refractivity contribution < 1.29 is 4.79 Å². The van der Waals surface area contributed by atoms with E-state index in [-0.39, 0.29) is 5.91 Å². The summed E-state index contributed by atoms with van der Waals surface area (Å²) in [6.07, 6.45) is 0. The number of nitrogens with one attached hydrogen (secondary N) is 1. The maximum absolute atomic E-state index is 12.3. The molecule has 4 heteroatoms. The first-order chi connectivity index (χ1) is 9.08. The van der Waals surface area contributed by atoms with E-state index in [2.05, 4.69) is 5.32 Å². The minimum Gasteiger partial charge on any atom is -0.377 e.